The van der Waals surface area contributed by atoms with Crippen LogP contribution in [0.1, 0.15) is 142 Å². The first kappa shape index (κ1) is 100. The molecular weight excluding hydrogens is 1800 g/mol. The number of hydrogen-bond acceptors (Lipinski definition) is 22. The van der Waals surface area contributed by atoms with Gasteiger partial charge < -0.3 is 36.3 Å². The van der Waals surface area contributed by atoms with E-state index in [4.69, 9.17) is 36.5 Å². The molecule has 0 radical (unpaired) electrons. The predicted molar refractivity (Wildman–Crippen MR) is 466 cm³/mol. The fraction of sp³-hybridized carbons (Fsp3) is 0.341. The number of aromatic carboxylic acids is 1. The lowest BCUT2D eigenvalue weighted by Gasteiger charge is -2.32. The van der Waals surface area contributed by atoms with Crippen molar-refractivity contribution in [3.63, 3.8) is 0 Å². The molecule has 9 heterocycles. The first-order valence-electron chi connectivity index (χ1n) is 40.1. The SMILES string of the molecule is CCOC(=O)C/C(=C/N(C)C)C(C)=O.CCOC(=O)c1cnc2cc(Br)nn2c1C.Cc1c(C(=O)NCCC2CCN(Cc3ccccc3)CC2)cnc2cc(-c3cccc(C(F)(F)F)c3)nn12.Cc1c(C(=O)O)cnc2cc(-c3cccc(C(F)(F)F)c3)nn12.NCCC1CCN(Cc2ccccc2)CC1.Nc1cc(Br)[nH]n1.ON(O)c1cccc(C(F)(F)F)c1. The summed E-state index contributed by atoms with van der Waals surface area (Å²) in [5.41, 5.74) is 16.5. The van der Waals surface area contributed by atoms with Crippen molar-refractivity contribution in [2.24, 2.45) is 17.6 Å². The number of nitrogens with zero attached hydrogens (tertiary/aromatic N) is 14. The molecule has 2 aliphatic rings. The molecule has 0 aliphatic carbocycles. The molecule has 14 rings (SSSR count). The number of nitrogens with two attached hydrogens (primary N) is 2. The number of ketones is 1. The topological polar surface area (TPSA) is 361 Å². The van der Waals surface area contributed by atoms with Crippen LogP contribution < -0.4 is 22.0 Å². The van der Waals surface area contributed by atoms with Crippen molar-refractivity contribution < 1.29 is 88.5 Å². The third-order valence-electron chi connectivity index (χ3n) is 19.9. The van der Waals surface area contributed by atoms with Crippen LogP contribution in [0.2, 0.25) is 0 Å². The zero-order valence-corrected chi connectivity index (χ0v) is 73.9. The Balaban J connectivity index is 0.000000194. The number of piperidine rings is 2. The molecule has 5 aromatic carbocycles. The zero-order chi connectivity index (χ0) is 92.9. The number of carboxylic acids is 1. The average molecular weight is 1900 g/mol. The molecule has 2 fully saturated rings. The summed E-state index contributed by atoms with van der Waals surface area (Å²) in [6, 6.07) is 41.3. The maximum Gasteiger partial charge on any atom is 0.416 e. The van der Waals surface area contributed by atoms with Gasteiger partial charge in [0.15, 0.2) is 22.7 Å². The number of carbonyl (C=O) groups excluding carboxylic acids is 4. The Morgan fingerprint density at radius 2 is 1.02 bits per heavy atom. The van der Waals surface area contributed by atoms with Gasteiger partial charge in [0.05, 0.1) is 87.2 Å². The molecule has 28 nitrogen and oxygen atoms in total. The largest absolute Gasteiger partial charge is 0.478 e. The first-order chi connectivity index (χ1) is 60.2. The Hall–Kier alpha value is -12.0. The number of benzene rings is 5. The van der Waals surface area contributed by atoms with E-state index in [9.17, 15) is 63.5 Å². The number of anilines is 2. The molecule has 2 aliphatic heterocycles. The average Bonchev–Trinajstić information content (AvgIpc) is 1.65. The summed E-state index contributed by atoms with van der Waals surface area (Å²) in [5, 5.41) is 47.6. The van der Waals surface area contributed by atoms with Crippen LogP contribution in [0.25, 0.3) is 39.5 Å². The Morgan fingerprint density at radius 1 is 0.575 bits per heavy atom. The van der Waals surface area contributed by atoms with Crippen molar-refractivity contribution >= 4 is 89.9 Å². The van der Waals surface area contributed by atoms with Crippen molar-refractivity contribution in [3.05, 3.63) is 259 Å². The second-order valence-corrected chi connectivity index (χ2v) is 31.1. The Kier molecular flexibility index (Phi) is 37.6. The number of esters is 2. The van der Waals surface area contributed by atoms with Crippen LogP contribution in [0.3, 0.4) is 0 Å². The minimum absolute atomic E-state index is 0.0174. The van der Waals surface area contributed by atoms with Crippen molar-refractivity contribution in [3.8, 4) is 22.5 Å². The highest BCUT2D eigenvalue weighted by molar-refractivity contribution is 9.10. The monoisotopic (exact) mass is 1900 g/mol. The van der Waals surface area contributed by atoms with E-state index in [1.54, 1.807) is 88.6 Å². The normalized spacial score (nSPS) is 13.3. The van der Waals surface area contributed by atoms with Crippen LogP contribution in [0, 0.1) is 32.6 Å². The number of carbonyl (C=O) groups is 5. The van der Waals surface area contributed by atoms with Crippen molar-refractivity contribution in [1.29, 1.82) is 0 Å². The molecule has 0 spiro atoms. The lowest BCUT2D eigenvalue weighted by Crippen LogP contribution is -2.35. The number of nitrogens with one attached hydrogen (secondary N) is 2. The van der Waals surface area contributed by atoms with E-state index in [1.807, 2.05) is 6.07 Å². The van der Waals surface area contributed by atoms with Crippen molar-refractivity contribution in [2.75, 3.05) is 77.5 Å². The molecule has 12 aromatic rings. The molecule has 2 saturated heterocycles. The molecule has 0 saturated carbocycles. The number of alkyl halides is 9. The molecule has 9 N–H and O–H groups in total. The second-order valence-electron chi connectivity index (χ2n) is 29.5. The first-order valence-corrected chi connectivity index (χ1v) is 41.7. The molecule has 0 atom stereocenters. The molecule has 0 unspecified atom stereocenters. The fourth-order valence-electron chi connectivity index (χ4n) is 13.3. The highest BCUT2D eigenvalue weighted by Gasteiger charge is 2.34. The van der Waals surface area contributed by atoms with Gasteiger partial charge in [-0.2, -0.15) is 59.9 Å². The highest BCUT2D eigenvalue weighted by Crippen LogP contribution is 2.36. The number of aryl methyl sites for hydroxylation is 3. The summed E-state index contributed by atoms with van der Waals surface area (Å²) in [7, 11) is 3.60. The highest BCUT2D eigenvalue weighted by atomic mass is 79.9. The number of nitrogen functional groups attached to an aromatic ring is 1. The molecular formula is C88H99Br2F9N18O10. The molecule has 1 amide bonds. The Labute approximate surface area is 743 Å². The number of rotatable bonds is 21. The van der Waals surface area contributed by atoms with E-state index in [-0.39, 0.29) is 57.8 Å². The van der Waals surface area contributed by atoms with Crippen LogP contribution in [0.4, 0.5) is 51.0 Å². The zero-order valence-electron chi connectivity index (χ0n) is 70.8. The van der Waals surface area contributed by atoms with Gasteiger partial charge in [-0.1, -0.05) is 91.0 Å². The molecule has 7 aromatic heterocycles. The standard InChI is InChI=1S/C29H30F3N5O.C15H10F3N3O2.C14H22N2.C10H10BrN3O2.C10H17NO3.C7H6F3NO2.C3H4BrN3/c1-20-25(18-34-27-17-26(35-37(20)27)23-8-5-9-24(16-23)29(30,31)32)28(38)33-13-10-21-11-14-36(15-12-21)19-22-6-3-2-4-7-22;1-8-11(14(22)23)7-19-13-6-12(20-21(8)13)9-3-2-4-10(5-9)15(16,17)18;15-9-6-13-7-10-16(11-8-13)12-14-4-2-1-3-5-14;1-3-16-10(15)7-5-12-9-4-8(11)13-14(9)6(7)2;1-5-14-10(13)6-9(8(2)12)7-11(3)4;8-7(9,10)5-2-1-3-6(4-5)11(12)13;4-2-1-3(5)7-6-2/h2-9,16-18,21H,10-15,19H2,1H3,(H,33,38);2-7H,1H3,(H,22,23);1-5,13H,6-12,15H2;4-5H,3H2,1-2H3;7H,5-6H2,1-4H3;1-4,12-13H;1H,(H3,5,6,7)/b;;;;9-7-;;. The summed E-state index contributed by atoms with van der Waals surface area (Å²) in [4.78, 5) is 77.0. The molecule has 678 valence electrons. The Morgan fingerprint density at radius 3 is 1.44 bits per heavy atom. The van der Waals surface area contributed by atoms with E-state index in [0.717, 1.165) is 105 Å². The third-order valence-corrected chi connectivity index (χ3v) is 20.7. The summed E-state index contributed by atoms with van der Waals surface area (Å²) >= 11 is 6.40. The van der Waals surface area contributed by atoms with Gasteiger partial charge in [-0.25, -0.2) is 38.1 Å². The number of ether oxygens (including phenoxy) is 2. The quantitative estimate of drug-likeness (QED) is 0.0152. The Bertz CT molecular complexity index is 5620. The fourth-order valence-corrected chi connectivity index (χ4v) is 14.0. The summed E-state index contributed by atoms with van der Waals surface area (Å²) in [6.45, 7) is 18.8. The van der Waals surface area contributed by atoms with Crippen LogP contribution in [-0.2, 0) is 50.7 Å². The molecule has 39 heteroatoms. The summed E-state index contributed by atoms with van der Waals surface area (Å²) in [5.74, 6) is -0.264. The number of hydrogen-bond donors (Lipinski definition) is 7. The number of amides is 1. The van der Waals surface area contributed by atoms with Gasteiger partial charge in [-0.3, -0.25) is 39.7 Å². The summed E-state index contributed by atoms with van der Waals surface area (Å²) < 4.78 is 130. The minimum atomic E-state index is -4.48. The van der Waals surface area contributed by atoms with Gasteiger partial charge in [0.2, 0.25) is 0 Å². The number of carboxylic acid groups (broad SMARTS) is 1. The van der Waals surface area contributed by atoms with Crippen LogP contribution in [0.5, 0.6) is 0 Å². The number of Topliss-reactive ketones (excluding diaryl/α,β-unsaturated/α-hetero) is 1. The lowest BCUT2D eigenvalue weighted by atomic mass is 9.93. The molecule has 0 bridgehead atoms. The maximum atomic E-state index is 13.1. The van der Waals surface area contributed by atoms with Gasteiger partial charge in [-0.05, 0) is 210 Å². The number of fused-ring (bicyclic) bond motifs is 3. The lowest BCUT2D eigenvalue weighted by molar-refractivity contribution is -0.143. The van der Waals surface area contributed by atoms with Gasteiger partial charge in [0.25, 0.3) is 5.91 Å². The number of likely N-dealkylation sites (tertiary alicyclic amines) is 2. The number of H-pyrrole nitrogens is 1. The number of halogens is 11. The van der Waals surface area contributed by atoms with Gasteiger partial charge in [0, 0.05) is 99.5 Å². The second kappa shape index (κ2) is 47.5. The third kappa shape index (κ3) is 30.9. The van der Waals surface area contributed by atoms with E-state index < -0.39 is 41.2 Å². The van der Waals surface area contributed by atoms with E-state index in [0.29, 0.717) is 104 Å². The number of aromatic nitrogens is 11. The van der Waals surface area contributed by atoms with E-state index in [2.05, 4.69) is 142 Å². The maximum absolute atomic E-state index is 13.1. The van der Waals surface area contributed by atoms with Crippen LogP contribution in [-0.4, -0.2) is 180 Å². The van der Waals surface area contributed by atoms with Gasteiger partial charge in [0.1, 0.15) is 15.0 Å². The minimum Gasteiger partial charge on any atom is -0.478 e. The van der Waals surface area contributed by atoms with Crippen LogP contribution in [0.15, 0.2) is 197 Å². The number of aromatic amines is 1. The van der Waals surface area contributed by atoms with Crippen molar-refractivity contribution in [1.82, 2.24) is 74.0 Å². The van der Waals surface area contributed by atoms with Crippen molar-refractivity contribution in [2.45, 2.75) is 118 Å². The van der Waals surface area contributed by atoms with E-state index >= 15 is 0 Å². The van der Waals surface area contributed by atoms with Crippen LogP contribution >= 0.6 is 31.9 Å². The van der Waals surface area contributed by atoms with Gasteiger partial charge >= 0.3 is 36.4 Å². The molecule has 127 heavy (non-hydrogen) atoms. The predicted octanol–water partition coefficient (Wildman–Crippen LogP) is 17.4. The van der Waals surface area contributed by atoms with Gasteiger partial charge in [-0.15, -0.1) is 5.23 Å². The summed E-state index contributed by atoms with van der Waals surface area (Å²) in [6.07, 6.45) is -0.475. The van der Waals surface area contributed by atoms with E-state index in [1.165, 1.54) is 102 Å². The smallest absolute Gasteiger partial charge is 0.416 e.